The SMILES string of the molecule is C[C@H](OC(=O)c1cccc(C#N)c1)c1nc2scc(-c3cccs3)c2c(=O)[nH]1. The van der Waals surface area contributed by atoms with Crippen molar-refractivity contribution in [3.05, 3.63) is 74.5 Å². The topological polar surface area (TPSA) is 95.8 Å². The quantitative estimate of drug-likeness (QED) is 0.502. The highest BCUT2D eigenvalue weighted by Crippen LogP contribution is 2.33. The summed E-state index contributed by atoms with van der Waals surface area (Å²) in [5, 5.41) is 13.4. The smallest absolute Gasteiger partial charge is 0.338 e. The minimum absolute atomic E-state index is 0.265. The van der Waals surface area contributed by atoms with Gasteiger partial charge >= 0.3 is 5.97 Å². The molecule has 0 aliphatic heterocycles. The van der Waals surface area contributed by atoms with Crippen LogP contribution >= 0.6 is 22.7 Å². The Labute approximate surface area is 167 Å². The van der Waals surface area contributed by atoms with Crippen molar-refractivity contribution in [2.24, 2.45) is 0 Å². The van der Waals surface area contributed by atoms with Gasteiger partial charge in [0.05, 0.1) is 22.6 Å². The first kappa shape index (κ1) is 18.1. The number of carbonyl (C=O) groups is 1. The first-order valence-electron chi connectivity index (χ1n) is 8.33. The van der Waals surface area contributed by atoms with E-state index >= 15 is 0 Å². The molecule has 4 rings (SSSR count). The van der Waals surface area contributed by atoms with Gasteiger partial charge in [-0.25, -0.2) is 9.78 Å². The molecule has 4 aromatic rings. The highest BCUT2D eigenvalue weighted by molar-refractivity contribution is 7.18. The van der Waals surface area contributed by atoms with Crippen LogP contribution in [-0.4, -0.2) is 15.9 Å². The van der Waals surface area contributed by atoms with Crippen LogP contribution in [0.5, 0.6) is 0 Å². The lowest BCUT2D eigenvalue weighted by atomic mass is 10.1. The van der Waals surface area contributed by atoms with Gasteiger partial charge in [-0.3, -0.25) is 4.79 Å². The molecular weight excluding hydrogens is 394 g/mol. The summed E-state index contributed by atoms with van der Waals surface area (Å²) in [7, 11) is 0. The van der Waals surface area contributed by atoms with Crippen molar-refractivity contribution in [2.75, 3.05) is 0 Å². The summed E-state index contributed by atoms with van der Waals surface area (Å²) in [6.07, 6.45) is -0.748. The Hall–Kier alpha value is -3.28. The van der Waals surface area contributed by atoms with E-state index in [4.69, 9.17) is 10.00 Å². The van der Waals surface area contributed by atoms with Crippen molar-refractivity contribution < 1.29 is 9.53 Å². The number of aromatic nitrogens is 2. The largest absolute Gasteiger partial charge is 0.451 e. The highest BCUT2D eigenvalue weighted by Gasteiger charge is 2.19. The standard InChI is InChI=1S/C20H13N3O3S2/c1-11(26-20(25)13-5-2-4-12(8-13)9-21)17-22-18(24)16-14(10-28-19(16)23-17)15-6-3-7-27-15/h2-8,10-11H,1H3,(H,22,23,24)/t11-/m0/s1. The van der Waals surface area contributed by atoms with E-state index in [0.717, 1.165) is 10.4 Å². The van der Waals surface area contributed by atoms with E-state index in [2.05, 4.69) is 9.97 Å². The molecule has 1 N–H and O–H groups in total. The summed E-state index contributed by atoms with van der Waals surface area (Å²) >= 11 is 2.93. The van der Waals surface area contributed by atoms with Crippen LogP contribution in [0.15, 0.2) is 52.0 Å². The lowest BCUT2D eigenvalue weighted by Crippen LogP contribution is -2.17. The molecule has 28 heavy (non-hydrogen) atoms. The third-order valence-electron chi connectivity index (χ3n) is 4.15. The number of carbonyl (C=O) groups excluding carboxylic acids is 1. The minimum Gasteiger partial charge on any atom is -0.451 e. The number of nitrogens with one attached hydrogen (secondary N) is 1. The summed E-state index contributed by atoms with van der Waals surface area (Å²) < 4.78 is 5.43. The first-order chi connectivity index (χ1) is 13.6. The Bertz CT molecular complexity index is 1270. The van der Waals surface area contributed by atoms with Crippen LogP contribution in [0.4, 0.5) is 0 Å². The van der Waals surface area contributed by atoms with Crippen molar-refractivity contribution >= 4 is 38.9 Å². The molecule has 3 heterocycles. The fraction of sp³-hybridized carbons (Fsp3) is 0.100. The van der Waals surface area contributed by atoms with Crippen LogP contribution in [0.3, 0.4) is 0 Å². The molecule has 0 amide bonds. The molecule has 1 atom stereocenters. The summed E-state index contributed by atoms with van der Waals surface area (Å²) in [4.78, 5) is 33.8. The normalized spacial score (nSPS) is 11.9. The lowest BCUT2D eigenvalue weighted by Gasteiger charge is -2.12. The van der Waals surface area contributed by atoms with E-state index in [1.54, 1.807) is 36.5 Å². The van der Waals surface area contributed by atoms with E-state index in [1.807, 2.05) is 29.0 Å². The Kier molecular flexibility index (Phi) is 4.77. The number of benzene rings is 1. The predicted octanol–water partition coefficient (Wildman–Crippen LogP) is 4.50. The van der Waals surface area contributed by atoms with Crippen molar-refractivity contribution in [1.82, 2.24) is 9.97 Å². The van der Waals surface area contributed by atoms with Gasteiger partial charge in [-0.1, -0.05) is 12.1 Å². The van der Waals surface area contributed by atoms with Gasteiger partial charge in [0.15, 0.2) is 11.9 Å². The number of hydrogen-bond donors (Lipinski definition) is 1. The van der Waals surface area contributed by atoms with Gasteiger partial charge in [0.1, 0.15) is 4.83 Å². The molecule has 0 fully saturated rings. The number of fused-ring (bicyclic) bond motifs is 1. The second-order valence-corrected chi connectivity index (χ2v) is 7.80. The number of nitriles is 1. The molecule has 0 spiro atoms. The molecule has 3 aromatic heterocycles. The van der Waals surface area contributed by atoms with Gasteiger partial charge in [-0.2, -0.15) is 5.26 Å². The van der Waals surface area contributed by atoms with Crippen molar-refractivity contribution in [1.29, 1.82) is 5.26 Å². The van der Waals surface area contributed by atoms with E-state index in [1.165, 1.54) is 17.4 Å². The summed E-state index contributed by atoms with van der Waals surface area (Å²) in [6.45, 7) is 1.64. The van der Waals surface area contributed by atoms with Gasteiger partial charge in [0.25, 0.3) is 5.56 Å². The molecular formula is C20H13N3O3S2. The molecule has 0 aliphatic carbocycles. The Morgan fingerprint density at radius 1 is 1.29 bits per heavy atom. The maximum Gasteiger partial charge on any atom is 0.338 e. The van der Waals surface area contributed by atoms with E-state index in [9.17, 15) is 9.59 Å². The van der Waals surface area contributed by atoms with Gasteiger partial charge in [0, 0.05) is 15.8 Å². The molecule has 0 bridgehead atoms. The summed E-state index contributed by atoms with van der Waals surface area (Å²) in [5.41, 5.74) is 1.23. The van der Waals surface area contributed by atoms with E-state index < -0.39 is 12.1 Å². The number of hydrogen-bond acceptors (Lipinski definition) is 7. The third kappa shape index (κ3) is 3.33. The van der Waals surface area contributed by atoms with Gasteiger partial charge in [-0.05, 0) is 36.6 Å². The van der Waals surface area contributed by atoms with Crippen LogP contribution < -0.4 is 5.56 Å². The van der Waals surface area contributed by atoms with E-state index in [0.29, 0.717) is 15.8 Å². The molecule has 0 saturated heterocycles. The molecule has 0 aliphatic rings. The minimum atomic E-state index is -0.748. The molecule has 0 unspecified atom stereocenters. The Morgan fingerprint density at radius 3 is 2.89 bits per heavy atom. The van der Waals surface area contributed by atoms with E-state index in [-0.39, 0.29) is 16.9 Å². The number of H-pyrrole nitrogens is 1. The maximum atomic E-state index is 12.7. The molecule has 0 radical (unpaired) electrons. The number of nitrogens with zero attached hydrogens (tertiary/aromatic N) is 2. The zero-order chi connectivity index (χ0) is 19.7. The number of aromatic amines is 1. The highest BCUT2D eigenvalue weighted by atomic mass is 32.1. The van der Waals surface area contributed by atoms with Crippen LogP contribution in [0.25, 0.3) is 20.7 Å². The van der Waals surface area contributed by atoms with Crippen LogP contribution in [0.1, 0.15) is 34.8 Å². The fourth-order valence-corrected chi connectivity index (χ4v) is 4.54. The lowest BCUT2D eigenvalue weighted by molar-refractivity contribution is 0.0320. The van der Waals surface area contributed by atoms with Gasteiger partial charge in [0.2, 0.25) is 0 Å². The average Bonchev–Trinajstić information content (AvgIpc) is 3.37. The number of ether oxygens (including phenoxy) is 1. The molecule has 1 aromatic carbocycles. The van der Waals surface area contributed by atoms with Crippen molar-refractivity contribution in [2.45, 2.75) is 13.0 Å². The van der Waals surface area contributed by atoms with Crippen LogP contribution in [0, 0.1) is 11.3 Å². The number of thiophene rings is 2. The second kappa shape index (κ2) is 7.38. The molecule has 6 nitrogen and oxygen atoms in total. The predicted molar refractivity (Wildman–Crippen MR) is 109 cm³/mol. The second-order valence-electron chi connectivity index (χ2n) is 6.00. The van der Waals surface area contributed by atoms with Crippen molar-refractivity contribution in [3.63, 3.8) is 0 Å². The summed E-state index contributed by atoms with van der Waals surface area (Å²) in [6, 6.07) is 12.1. The van der Waals surface area contributed by atoms with Crippen LogP contribution in [0.2, 0.25) is 0 Å². The molecule has 0 saturated carbocycles. The van der Waals surface area contributed by atoms with Gasteiger partial charge < -0.3 is 9.72 Å². The van der Waals surface area contributed by atoms with Crippen LogP contribution in [-0.2, 0) is 4.74 Å². The Morgan fingerprint density at radius 2 is 2.14 bits per heavy atom. The van der Waals surface area contributed by atoms with Gasteiger partial charge in [-0.15, -0.1) is 22.7 Å². The maximum absolute atomic E-state index is 12.7. The fourth-order valence-electron chi connectivity index (χ4n) is 2.77. The average molecular weight is 407 g/mol. The van der Waals surface area contributed by atoms with Crippen molar-refractivity contribution in [3.8, 4) is 16.5 Å². The number of esters is 1. The monoisotopic (exact) mass is 407 g/mol. The Balaban J connectivity index is 1.63. The zero-order valence-electron chi connectivity index (χ0n) is 14.6. The first-order valence-corrected chi connectivity index (χ1v) is 10.1. The number of rotatable bonds is 4. The third-order valence-corrected chi connectivity index (χ3v) is 5.92. The molecule has 138 valence electrons. The zero-order valence-corrected chi connectivity index (χ0v) is 16.3. The summed E-state index contributed by atoms with van der Waals surface area (Å²) in [5.74, 6) is -0.306. The molecule has 8 heteroatoms.